The molecule has 0 saturated heterocycles. The van der Waals surface area contributed by atoms with E-state index in [1.165, 1.54) is 6.07 Å². The minimum Gasteiger partial charge on any atom is -0.350 e. The maximum Gasteiger partial charge on any atom is 0.252 e. The van der Waals surface area contributed by atoms with Crippen LogP contribution in [0.15, 0.2) is 30.5 Å². The number of fused-ring (bicyclic) bond motifs is 1. The number of benzene rings is 1. The summed E-state index contributed by atoms with van der Waals surface area (Å²) >= 11 is 0. The molecule has 0 aliphatic rings. The molecule has 1 atom stereocenters. The van der Waals surface area contributed by atoms with Gasteiger partial charge in [0.2, 0.25) is 0 Å². The normalized spacial score (nSPS) is 12.5. The molecule has 1 unspecified atom stereocenters. The van der Waals surface area contributed by atoms with E-state index in [9.17, 15) is 13.6 Å². The van der Waals surface area contributed by atoms with E-state index < -0.39 is 11.6 Å². The minimum atomic E-state index is -0.857. The van der Waals surface area contributed by atoms with Gasteiger partial charge in [-0.1, -0.05) is 6.07 Å². The van der Waals surface area contributed by atoms with Crippen molar-refractivity contribution >= 4 is 16.9 Å². The highest BCUT2D eigenvalue weighted by atomic mass is 19.2. The molecule has 1 amide bonds. The number of amides is 1. The second kappa shape index (κ2) is 8.04. The molecule has 0 fully saturated rings. The number of aryl methyl sites for hydroxylation is 2. The van der Waals surface area contributed by atoms with Crippen molar-refractivity contribution in [2.75, 3.05) is 0 Å². The van der Waals surface area contributed by atoms with Gasteiger partial charge in [-0.3, -0.25) is 4.79 Å². The van der Waals surface area contributed by atoms with E-state index in [1.54, 1.807) is 23.0 Å². The third-order valence-corrected chi connectivity index (χ3v) is 4.66. The summed E-state index contributed by atoms with van der Waals surface area (Å²) in [4.78, 5) is 17.3. The summed E-state index contributed by atoms with van der Waals surface area (Å²) < 4.78 is 28.1. The number of rotatable bonds is 6. The number of aromatic nitrogens is 3. The number of pyridine rings is 1. The molecule has 5 nitrogen and oxygen atoms in total. The zero-order valence-corrected chi connectivity index (χ0v) is 16.5. The Bertz CT molecular complexity index is 1010. The average molecular weight is 386 g/mol. The second-order valence-electron chi connectivity index (χ2n) is 7.39. The van der Waals surface area contributed by atoms with Crippen LogP contribution in [-0.2, 0) is 6.42 Å². The Morgan fingerprint density at radius 1 is 1.18 bits per heavy atom. The fourth-order valence-corrected chi connectivity index (χ4v) is 3.16. The molecule has 28 heavy (non-hydrogen) atoms. The first-order valence-corrected chi connectivity index (χ1v) is 9.36. The smallest absolute Gasteiger partial charge is 0.252 e. The Balaban J connectivity index is 1.72. The topological polar surface area (TPSA) is 59.8 Å². The monoisotopic (exact) mass is 386 g/mol. The summed E-state index contributed by atoms with van der Waals surface area (Å²) in [6.07, 6.45) is 2.81. The van der Waals surface area contributed by atoms with E-state index in [1.807, 2.05) is 27.7 Å². The van der Waals surface area contributed by atoms with Crippen LogP contribution in [-0.4, -0.2) is 26.7 Å². The summed E-state index contributed by atoms with van der Waals surface area (Å²) in [6.45, 7) is 7.76. The Morgan fingerprint density at radius 2 is 1.93 bits per heavy atom. The van der Waals surface area contributed by atoms with E-state index in [2.05, 4.69) is 15.4 Å². The molecular weight excluding hydrogens is 362 g/mol. The minimum absolute atomic E-state index is 0.135. The lowest BCUT2D eigenvalue weighted by Crippen LogP contribution is -2.33. The van der Waals surface area contributed by atoms with Gasteiger partial charge < -0.3 is 5.32 Å². The molecular formula is C21H24F2N4O. The molecule has 0 spiro atoms. The Morgan fingerprint density at radius 3 is 2.61 bits per heavy atom. The molecule has 2 aromatic heterocycles. The molecule has 0 aliphatic carbocycles. The van der Waals surface area contributed by atoms with Crippen molar-refractivity contribution in [2.24, 2.45) is 0 Å². The van der Waals surface area contributed by atoms with Crippen molar-refractivity contribution in [1.82, 2.24) is 20.1 Å². The van der Waals surface area contributed by atoms with Crippen LogP contribution in [0.5, 0.6) is 0 Å². The Hall–Kier alpha value is -2.83. The van der Waals surface area contributed by atoms with Crippen LogP contribution in [0, 0.1) is 18.6 Å². The Labute approximate surface area is 162 Å². The highest BCUT2D eigenvalue weighted by molar-refractivity contribution is 6.05. The maximum atomic E-state index is 13.3. The standard InChI is InChI=1S/C21H24F2N4O/c1-12(2)27-20-17(11-24-27)16(9-14(4)25-20)21(28)26-13(3)5-6-15-7-8-18(22)19(23)10-15/h7-13H,5-6H2,1-4H3,(H,26,28). The van der Waals surface area contributed by atoms with E-state index in [4.69, 9.17) is 0 Å². The molecule has 0 saturated carbocycles. The van der Waals surface area contributed by atoms with E-state index >= 15 is 0 Å². The third-order valence-electron chi connectivity index (χ3n) is 4.66. The molecule has 0 radical (unpaired) electrons. The number of carbonyl (C=O) groups excluding carboxylic acids is 1. The van der Waals surface area contributed by atoms with Gasteiger partial charge >= 0.3 is 0 Å². The number of hydrogen-bond donors (Lipinski definition) is 1. The molecule has 0 bridgehead atoms. The van der Waals surface area contributed by atoms with Crippen LogP contribution in [0.3, 0.4) is 0 Å². The molecule has 2 heterocycles. The summed E-state index contributed by atoms with van der Waals surface area (Å²) in [7, 11) is 0. The Kier molecular flexibility index (Phi) is 5.72. The van der Waals surface area contributed by atoms with E-state index in [0.717, 1.165) is 11.8 Å². The van der Waals surface area contributed by atoms with Crippen molar-refractivity contribution in [2.45, 2.75) is 52.6 Å². The van der Waals surface area contributed by atoms with Gasteiger partial charge in [0.05, 0.1) is 17.1 Å². The van der Waals surface area contributed by atoms with Gasteiger partial charge in [0.1, 0.15) is 0 Å². The van der Waals surface area contributed by atoms with Crippen LogP contribution < -0.4 is 5.32 Å². The van der Waals surface area contributed by atoms with Crippen molar-refractivity contribution in [3.63, 3.8) is 0 Å². The van der Waals surface area contributed by atoms with Crippen LogP contribution in [0.1, 0.15) is 54.8 Å². The lowest BCUT2D eigenvalue weighted by Gasteiger charge is -2.15. The number of hydrogen-bond acceptors (Lipinski definition) is 3. The predicted molar refractivity (Wildman–Crippen MR) is 104 cm³/mol. The summed E-state index contributed by atoms with van der Waals surface area (Å²) in [6, 6.07) is 5.63. The van der Waals surface area contributed by atoms with Gasteiger partial charge in [-0.25, -0.2) is 18.4 Å². The quantitative estimate of drug-likeness (QED) is 0.685. The fraction of sp³-hybridized carbons (Fsp3) is 0.381. The number of halogens is 2. The molecule has 3 rings (SSSR count). The van der Waals surface area contributed by atoms with Gasteiger partial charge in [0, 0.05) is 17.8 Å². The van der Waals surface area contributed by atoms with Crippen LogP contribution in [0.4, 0.5) is 8.78 Å². The number of carbonyl (C=O) groups is 1. The SMILES string of the molecule is Cc1cc(C(=O)NC(C)CCc2ccc(F)c(F)c2)c2cnn(C(C)C)c2n1. The van der Waals surface area contributed by atoms with Crippen molar-refractivity contribution in [3.8, 4) is 0 Å². The van der Waals surface area contributed by atoms with Crippen molar-refractivity contribution in [3.05, 3.63) is 58.9 Å². The van der Waals surface area contributed by atoms with Gasteiger partial charge in [-0.15, -0.1) is 0 Å². The van der Waals surface area contributed by atoms with Crippen molar-refractivity contribution in [1.29, 1.82) is 0 Å². The molecule has 1 aromatic carbocycles. The van der Waals surface area contributed by atoms with Crippen LogP contribution in [0.25, 0.3) is 11.0 Å². The van der Waals surface area contributed by atoms with Gasteiger partial charge in [0.25, 0.3) is 5.91 Å². The summed E-state index contributed by atoms with van der Waals surface area (Å²) in [5.74, 6) is -1.91. The number of nitrogens with zero attached hydrogens (tertiary/aromatic N) is 3. The predicted octanol–water partition coefficient (Wildman–Crippen LogP) is 4.35. The lowest BCUT2D eigenvalue weighted by atomic mass is 10.0. The van der Waals surface area contributed by atoms with E-state index in [0.29, 0.717) is 35.0 Å². The van der Waals surface area contributed by atoms with Gasteiger partial charge in [0.15, 0.2) is 17.3 Å². The van der Waals surface area contributed by atoms with Gasteiger partial charge in [-0.05, 0) is 64.3 Å². The second-order valence-corrected chi connectivity index (χ2v) is 7.39. The number of nitrogens with one attached hydrogen (secondary N) is 1. The lowest BCUT2D eigenvalue weighted by molar-refractivity contribution is 0.0940. The van der Waals surface area contributed by atoms with Crippen LogP contribution in [0.2, 0.25) is 0 Å². The van der Waals surface area contributed by atoms with E-state index in [-0.39, 0.29) is 18.0 Å². The fourth-order valence-electron chi connectivity index (χ4n) is 3.16. The van der Waals surface area contributed by atoms with Gasteiger partial charge in [-0.2, -0.15) is 5.10 Å². The molecule has 0 aliphatic heterocycles. The maximum absolute atomic E-state index is 13.3. The van der Waals surface area contributed by atoms with Crippen LogP contribution >= 0.6 is 0 Å². The molecule has 1 N–H and O–H groups in total. The zero-order chi connectivity index (χ0) is 20.4. The highest BCUT2D eigenvalue weighted by Gasteiger charge is 2.18. The first-order chi connectivity index (χ1) is 13.3. The highest BCUT2D eigenvalue weighted by Crippen LogP contribution is 2.21. The third kappa shape index (κ3) is 4.18. The first kappa shape index (κ1) is 19.9. The first-order valence-electron chi connectivity index (χ1n) is 9.36. The summed E-state index contributed by atoms with van der Waals surface area (Å²) in [5, 5.41) is 8.05. The zero-order valence-electron chi connectivity index (χ0n) is 16.5. The summed E-state index contributed by atoms with van der Waals surface area (Å²) in [5.41, 5.74) is 2.67. The molecule has 148 valence electrons. The molecule has 3 aromatic rings. The molecule has 7 heteroatoms. The van der Waals surface area contributed by atoms with Crippen molar-refractivity contribution < 1.29 is 13.6 Å². The largest absolute Gasteiger partial charge is 0.350 e. The average Bonchev–Trinajstić information content (AvgIpc) is 3.05.